The van der Waals surface area contributed by atoms with Crippen molar-refractivity contribution in [2.75, 3.05) is 46.2 Å². The molecule has 1 N–H and O–H groups in total. The minimum atomic E-state index is -2.14. The fourth-order valence-corrected chi connectivity index (χ4v) is 8.46. The molecule has 0 amide bonds. The van der Waals surface area contributed by atoms with Gasteiger partial charge in [0.05, 0.1) is 38.4 Å². The summed E-state index contributed by atoms with van der Waals surface area (Å²) in [6, 6.07) is 23.2. The van der Waals surface area contributed by atoms with E-state index in [1.807, 2.05) is 38.1 Å². The fourth-order valence-electron chi connectivity index (χ4n) is 6.04. The van der Waals surface area contributed by atoms with Crippen LogP contribution in [0.1, 0.15) is 77.7 Å². The molecule has 1 aliphatic rings. The van der Waals surface area contributed by atoms with Gasteiger partial charge in [-0.05, 0) is 118 Å². The van der Waals surface area contributed by atoms with Gasteiger partial charge in [0.25, 0.3) is 0 Å². The number of rotatable bonds is 24. The standard InChI is InChI=1S/C40H58O7Si/c1-5-40(30-42-31-40)32-45-37-22-18-34(19-23-37)33-16-20-36(21-17-33)43-26-12-10-8-9-11-13-27-44-38-24-25-39(41)35(29-38)15-14-28-48(4,46-6-2)47-7-3/h16-25,29,41H,5-15,26-28,30-32H2,1-4H3. The third-order valence-electron chi connectivity index (χ3n) is 9.26. The zero-order valence-electron chi connectivity index (χ0n) is 29.8. The van der Waals surface area contributed by atoms with E-state index in [4.69, 9.17) is 27.8 Å². The number of hydrogen-bond acceptors (Lipinski definition) is 7. The topological polar surface area (TPSA) is 75.6 Å². The van der Waals surface area contributed by atoms with Crippen molar-refractivity contribution in [2.45, 2.75) is 91.1 Å². The molecule has 0 aromatic heterocycles. The second kappa shape index (κ2) is 19.8. The van der Waals surface area contributed by atoms with E-state index in [-0.39, 0.29) is 5.41 Å². The number of aromatic hydroxyl groups is 1. The van der Waals surface area contributed by atoms with Gasteiger partial charge in [0, 0.05) is 13.2 Å². The molecule has 1 aliphatic heterocycles. The van der Waals surface area contributed by atoms with Crippen molar-refractivity contribution in [1.82, 2.24) is 0 Å². The van der Waals surface area contributed by atoms with E-state index in [1.54, 1.807) is 6.07 Å². The zero-order chi connectivity index (χ0) is 34.1. The van der Waals surface area contributed by atoms with Crippen molar-refractivity contribution in [3.8, 4) is 34.1 Å². The molecule has 1 heterocycles. The molecular formula is C40H58O7Si. The van der Waals surface area contributed by atoms with E-state index in [0.29, 0.717) is 32.2 Å². The molecule has 1 fully saturated rings. The summed E-state index contributed by atoms with van der Waals surface area (Å²) in [4.78, 5) is 0. The highest BCUT2D eigenvalue weighted by atomic mass is 28.4. The maximum Gasteiger partial charge on any atom is 0.334 e. The third kappa shape index (κ3) is 12.1. The Labute approximate surface area is 290 Å². The smallest absolute Gasteiger partial charge is 0.334 e. The molecule has 0 bridgehead atoms. The van der Waals surface area contributed by atoms with Crippen molar-refractivity contribution in [3.05, 3.63) is 72.3 Å². The second-order valence-corrected chi connectivity index (χ2v) is 16.5. The Balaban J connectivity index is 1.04. The van der Waals surface area contributed by atoms with Gasteiger partial charge < -0.3 is 32.9 Å². The summed E-state index contributed by atoms with van der Waals surface area (Å²) in [5.74, 6) is 2.97. The molecule has 4 rings (SSSR count). The normalized spacial score (nSPS) is 14.0. The van der Waals surface area contributed by atoms with Gasteiger partial charge in [0.1, 0.15) is 23.0 Å². The first-order valence-corrected chi connectivity index (χ1v) is 20.7. The predicted octanol–water partition coefficient (Wildman–Crippen LogP) is 9.74. The lowest BCUT2D eigenvalue weighted by molar-refractivity contribution is -0.133. The maximum absolute atomic E-state index is 10.4. The van der Waals surface area contributed by atoms with Crippen molar-refractivity contribution in [3.63, 3.8) is 0 Å². The van der Waals surface area contributed by atoms with Crippen LogP contribution in [0.25, 0.3) is 11.1 Å². The molecule has 264 valence electrons. The highest BCUT2D eigenvalue weighted by molar-refractivity contribution is 6.66. The van der Waals surface area contributed by atoms with Crippen molar-refractivity contribution < 1.29 is 32.9 Å². The number of ether oxygens (including phenoxy) is 4. The predicted molar refractivity (Wildman–Crippen MR) is 196 cm³/mol. The SMILES string of the molecule is CCO[Si](C)(CCCc1cc(OCCCCCCCCOc2ccc(-c3ccc(OCC4(CC)COC4)cc3)cc2)ccc1O)OCC. The quantitative estimate of drug-likeness (QED) is 0.0747. The molecule has 0 unspecified atom stereocenters. The monoisotopic (exact) mass is 678 g/mol. The summed E-state index contributed by atoms with van der Waals surface area (Å²) in [7, 11) is -2.14. The Hall–Kier alpha value is -3.04. The van der Waals surface area contributed by atoms with Crippen LogP contribution in [0.15, 0.2) is 66.7 Å². The van der Waals surface area contributed by atoms with Gasteiger partial charge in [-0.2, -0.15) is 0 Å². The van der Waals surface area contributed by atoms with Crippen molar-refractivity contribution >= 4 is 8.56 Å². The van der Waals surface area contributed by atoms with Crippen molar-refractivity contribution in [2.24, 2.45) is 5.41 Å². The van der Waals surface area contributed by atoms with E-state index in [0.717, 1.165) is 93.6 Å². The lowest BCUT2D eigenvalue weighted by Gasteiger charge is -2.40. The van der Waals surface area contributed by atoms with Crippen LogP contribution in [0.4, 0.5) is 0 Å². The first-order valence-electron chi connectivity index (χ1n) is 18.1. The molecule has 3 aromatic carbocycles. The van der Waals surface area contributed by atoms with Gasteiger partial charge in [0.15, 0.2) is 0 Å². The third-order valence-corrected chi connectivity index (χ3v) is 12.3. The molecule has 0 radical (unpaired) electrons. The molecule has 3 aromatic rings. The van der Waals surface area contributed by atoms with Crippen LogP contribution in [-0.4, -0.2) is 59.9 Å². The highest BCUT2D eigenvalue weighted by Gasteiger charge is 2.37. The number of aryl methyl sites for hydroxylation is 1. The Morgan fingerprint density at radius 2 is 1.19 bits per heavy atom. The van der Waals surface area contributed by atoms with Gasteiger partial charge in [0.2, 0.25) is 0 Å². The van der Waals surface area contributed by atoms with Gasteiger partial charge in [-0.3, -0.25) is 0 Å². The summed E-state index contributed by atoms with van der Waals surface area (Å²) >= 11 is 0. The van der Waals surface area contributed by atoms with Crippen LogP contribution in [0, 0.1) is 5.41 Å². The minimum absolute atomic E-state index is 0.186. The van der Waals surface area contributed by atoms with Crippen LogP contribution in [0.3, 0.4) is 0 Å². The van der Waals surface area contributed by atoms with Crippen LogP contribution in [-0.2, 0) is 20.0 Å². The van der Waals surface area contributed by atoms with E-state index in [2.05, 4.69) is 49.9 Å². The highest BCUT2D eigenvalue weighted by Crippen LogP contribution is 2.33. The molecule has 0 spiro atoms. The van der Waals surface area contributed by atoms with Gasteiger partial charge >= 0.3 is 8.56 Å². The minimum Gasteiger partial charge on any atom is -0.508 e. The average molecular weight is 679 g/mol. The largest absolute Gasteiger partial charge is 0.508 e. The molecule has 0 atom stereocenters. The summed E-state index contributed by atoms with van der Waals surface area (Å²) in [5, 5.41) is 10.4. The second-order valence-electron chi connectivity index (χ2n) is 13.1. The Morgan fingerprint density at radius 3 is 1.71 bits per heavy atom. The lowest BCUT2D eigenvalue weighted by Crippen LogP contribution is -2.46. The molecule has 8 heteroatoms. The average Bonchev–Trinajstić information content (AvgIpc) is 3.07. The fraction of sp³-hybridized carbons (Fsp3) is 0.550. The van der Waals surface area contributed by atoms with E-state index in [9.17, 15) is 5.11 Å². The van der Waals surface area contributed by atoms with E-state index in [1.165, 1.54) is 24.0 Å². The molecular weight excluding hydrogens is 621 g/mol. The molecule has 48 heavy (non-hydrogen) atoms. The van der Waals surface area contributed by atoms with Crippen LogP contribution < -0.4 is 14.2 Å². The van der Waals surface area contributed by atoms with Crippen LogP contribution in [0.5, 0.6) is 23.0 Å². The van der Waals surface area contributed by atoms with Crippen LogP contribution >= 0.6 is 0 Å². The number of benzene rings is 3. The Kier molecular flexibility index (Phi) is 15.6. The van der Waals surface area contributed by atoms with Gasteiger partial charge in [-0.1, -0.05) is 56.9 Å². The van der Waals surface area contributed by atoms with Gasteiger partial charge in [-0.25, -0.2) is 0 Å². The van der Waals surface area contributed by atoms with E-state index >= 15 is 0 Å². The maximum atomic E-state index is 10.4. The lowest BCUT2D eigenvalue weighted by atomic mass is 9.84. The first-order chi connectivity index (χ1) is 23.4. The van der Waals surface area contributed by atoms with Gasteiger partial charge in [-0.15, -0.1) is 0 Å². The summed E-state index contributed by atoms with van der Waals surface area (Å²) in [6.07, 6.45) is 9.55. The Morgan fingerprint density at radius 1 is 0.667 bits per heavy atom. The molecule has 0 saturated carbocycles. The summed E-state index contributed by atoms with van der Waals surface area (Å²) < 4.78 is 35.3. The van der Waals surface area contributed by atoms with E-state index < -0.39 is 8.56 Å². The summed E-state index contributed by atoms with van der Waals surface area (Å²) in [5.41, 5.74) is 3.44. The number of phenolic OH excluding ortho intramolecular Hbond substituents is 1. The molecule has 1 saturated heterocycles. The number of hydrogen-bond donors (Lipinski definition) is 1. The number of unbranched alkanes of at least 4 members (excludes halogenated alkanes) is 5. The van der Waals surface area contributed by atoms with Crippen molar-refractivity contribution in [1.29, 1.82) is 0 Å². The molecule has 7 nitrogen and oxygen atoms in total. The van der Waals surface area contributed by atoms with Crippen LogP contribution in [0.2, 0.25) is 12.6 Å². The molecule has 0 aliphatic carbocycles. The zero-order valence-corrected chi connectivity index (χ0v) is 30.8. The first kappa shape index (κ1) is 37.8. The number of phenols is 1. The summed E-state index contributed by atoms with van der Waals surface area (Å²) in [6.45, 7) is 13.4. The Bertz CT molecular complexity index is 1310.